The minimum atomic E-state index is -0.161. The molecule has 0 spiro atoms. The molecule has 2 aliphatic rings. The van der Waals surface area contributed by atoms with Crippen LogP contribution in [0.15, 0.2) is 12.2 Å². The van der Waals surface area contributed by atoms with Crippen LogP contribution in [0.5, 0.6) is 0 Å². The van der Waals surface area contributed by atoms with Gasteiger partial charge in [0.15, 0.2) is 0 Å². The first kappa shape index (κ1) is 11.3. The molecule has 2 N–H and O–H groups in total. The Morgan fingerprint density at radius 1 is 1.06 bits per heavy atom. The Morgan fingerprint density at radius 2 is 1.56 bits per heavy atom. The van der Waals surface area contributed by atoms with Gasteiger partial charge in [0.1, 0.15) is 0 Å². The lowest BCUT2D eigenvalue weighted by Gasteiger charge is -2.29. The van der Waals surface area contributed by atoms with Crippen LogP contribution in [0, 0.1) is 11.8 Å². The number of hydrogen-bond acceptors (Lipinski definition) is 3. The van der Waals surface area contributed by atoms with Crippen LogP contribution in [0.2, 0.25) is 0 Å². The van der Waals surface area contributed by atoms with Crippen LogP contribution in [0.4, 0.5) is 0 Å². The second kappa shape index (κ2) is 4.78. The van der Waals surface area contributed by atoms with Crippen molar-refractivity contribution in [2.24, 2.45) is 17.6 Å². The third-order valence-electron chi connectivity index (χ3n) is 3.64. The second-order valence-electron chi connectivity index (χ2n) is 4.74. The lowest BCUT2D eigenvalue weighted by Crippen LogP contribution is -2.36. The van der Waals surface area contributed by atoms with E-state index in [1.807, 2.05) is 0 Å². The molecule has 2 rings (SSSR count). The van der Waals surface area contributed by atoms with Gasteiger partial charge in [0.2, 0.25) is 0 Å². The molecule has 2 amide bonds. The van der Waals surface area contributed by atoms with E-state index in [2.05, 4.69) is 0 Å². The number of rotatable bonds is 3. The normalized spacial score (nSPS) is 30.2. The van der Waals surface area contributed by atoms with Crippen molar-refractivity contribution in [3.63, 3.8) is 0 Å². The van der Waals surface area contributed by atoms with Gasteiger partial charge in [0.25, 0.3) is 11.8 Å². The summed E-state index contributed by atoms with van der Waals surface area (Å²) in [6.07, 6.45) is 7.13. The molecule has 0 radical (unpaired) electrons. The summed E-state index contributed by atoms with van der Waals surface area (Å²) >= 11 is 0. The number of amides is 2. The minimum absolute atomic E-state index is 0.161. The Labute approximate surface area is 95.5 Å². The molecule has 0 atom stereocenters. The van der Waals surface area contributed by atoms with E-state index in [4.69, 9.17) is 5.73 Å². The first-order chi connectivity index (χ1) is 7.70. The maximum absolute atomic E-state index is 11.4. The van der Waals surface area contributed by atoms with Gasteiger partial charge in [-0.05, 0) is 44.1 Å². The van der Waals surface area contributed by atoms with E-state index in [0.717, 1.165) is 32.2 Å². The largest absolute Gasteiger partial charge is 0.330 e. The average Bonchev–Trinajstić information content (AvgIpc) is 2.62. The van der Waals surface area contributed by atoms with Crippen LogP contribution < -0.4 is 5.73 Å². The second-order valence-corrected chi connectivity index (χ2v) is 4.74. The zero-order valence-corrected chi connectivity index (χ0v) is 9.39. The van der Waals surface area contributed by atoms with Gasteiger partial charge in [-0.25, -0.2) is 0 Å². The van der Waals surface area contributed by atoms with Crippen LogP contribution in [-0.4, -0.2) is 29.8 Å². The molecule has 1 saturated carbocycles. The molecule has 4 nitrogen and oxygen atoms in total. The first-order valence-electron chi connectivity index (χ1n) is 5.94. The molecule has 1 fully saturated rings. The molecule has 0 saturated heterocycles. The van der Waals surface area contributed by atoms with E-state index in [1.54, 1.807) is 0 Å². The van der Waals surface area contributed by atoms with Crippen molar-refractivity contribution < 1.29 is 9.59 Å². The lowest BCUT2D eigenvalue weighted by atomic mass is 9.82. The zero-order chi connectivity index (χ0) is 11.5. The fourth-order valence-electron chi connectivity index (χ4n) is 2.52. The summed E-state index contributed by atoms with van der Waals surface area (Å²) in [4.78, 5) is 24.1. The van der Waals surface area contributed by atoms with E-state index in [1.165, 1.54) is 17.1 Å². The molecule has 1 aliphatic carbocycles. The number of imide groups is 1. The van der Waals surface area contributed by atoms with Gasteiger partial charge in [-0.15, -0.1) is 0 Å². The summed E-state index contributed by atoms with van der Waals surface area (Å²) in [7, 11) is 0. The van der Waals surface area contributed by atoms with E-state index < -0.39 is 0 Å². The van der Waals surface area contributed by atoms with Crippen molar-refractivity contribution in [1.82, 2.24) is 4.90 Å². The predicted octanol–water partition coefficient (Wildman–Crippen LogP) is 0.676. The van der Waals surface area contributed by atoms with Gasteiger partial charge >= 0.3 is 0 Å². The van der Waals surface area contributed by atoms with Crippen molar-refractivity contribution in [2.75, 3.05) is 13.1 Å². The van der Waals surface area contributed by atoms with E-state index in [9.17, 15) is 9.59 Å². The van der Waals surface area contributed by atoms with Crippen molar-refractivity contribution in [1.29, 1.82) is 0 Å². The predicted molar refractivity (Wildman–Crippen MR) is 60.4 cm³/mol. The van der Waals surface area contributed by atoms with Gasteiger partial charge in [-0.1, -0.05) is 0 Å². The van der Waals surface area contributed by atoms with Crippen molar-refractivity contribution in [3.8, 4) is 0 Å². The lowest BCUT2D eigenvalue weighted by molar-refractivity contribution is -0.137. The standard InChI is InChI=1S/C12H18N2O2/c13-7-9-1-3-10(4-2-9)8-14-11(15)5-6-12(14)16/h5-6,9-10H,1-4,7-8,13H2. The van der Waals surface area contributed by atoms with Crippen molar-refractivity contribution >= 4 is 11.8 Å². The van der Waals surface area contributed by atoms with E-state index in [-0.39, 0.29) is 11.8 Å². The summed E-state index contributed by atoms with van der Waals surface area (Å²) in [5, 5.41) is 0. The van der Waals surface area contributed by atoms with E-state index >= 15 is 0 Å². The third kappa shape index (κ3) is 2.32. The van der Waals surface area contributed by atoms with Crippen LogP contribution in [0.3, 0.4) is 0 Å². The molecule has 0 bridgehead atoms. The first-order valence-corrected chi connectivity index (χ1v) is 5.94. The number of nitrogens with two attached hydrogens (primary N) is 1. The fraction of sp³-hybridized carbons (Fsp3) is 0.667. The molecular formula is C12H18N2O2. The summed E-state index contributed by atoms with van der Waals surface area (Å²) in [6.45, 7) is 1.35. The highest BCUT2D eigenvalue weighted by Crippen LogP contribution is 2.29. The van der Waals surface area contributed by atoms with Gasteiger partial charge in [0, 0.05) is 18.7 Å². The number of hydrogen-bond donors (Lipinski definition) is 1. The molecule has 0 unspecified atom stereocenters. The summed E-state index contributed by atoms with van der Waals surface area (Å²) in [6, 6.07) is 0. The Balaban J connectivity index is 1.83. The van der Waals surface area contributed by atoms with Gasteiger partial charge in [0.05, 0.1) is 0 Å². The smallest absolute Gasteiger partial charge is 0.253 e. The molecular weight excluding hydrogens is 204 g/mol. The van der Waals surface area contributed by atoms with Gasteiger partial charge in [-0.3, -0.25) is 14.5 Å². The van der Waals surface area contributed by atoms with Crippen molar-refractivity contribution in [3.05, 3.63) is 12.2 Å². The fourth-order valence-corrected chi connectivity index (χ4v) is 2.52. The topological polar surface area (TPSA) is 63.4 Å². The molecule has 0 aromatic rings. The molecule has 88 valence electrons. The van der Waals surface area contributed by atoms with Gasteiger partial charge in [-0.2, -0.15) is 0 Å². The Hall–Kier alpha value is -1.16. The minimum Gasteiger partial charge on any atom is -0.330 e. The van der Waals surface area contributed by atoms with Crippen LogP contribution >= 0.6 is 0 Å². The van der Waals surface area contributed by atoms with Crippen LogP contribution in [-0.2, 0) is 9.59 Å². The highest BCUT2D eigenvalue weighted by Gasteiger charge is 2.28. The number of nitrogens with zero attached hydrogens (tertiary/aromatic N) is 1. The quantitative estimate of drug-likeness (QED) is 0.714. The average molecular weight is 222 g/mol. The summed E-state index contributed by atoms with van der Waals surface area (Å²) in [5.41, 5.74) is 5.63. The highest BCUT2D eigenvalue weighted by molar-refractivity contribution is 6.12. The number of carbonyl (C=O) groups excluding carboxylic acids is 2. The van der Waals surface area contributed by atoms with Crippen LogP contribution in [0.1, 0.15) is 25.7 Å². The van der Waals surface area contributed by atoms with Gasteiger partial charge < -0.3 is 5.73 Å². The molecule has 4 heteroatoms. The Morgan fingerprint density at radius 3 is 2.06 bits per heavy atom. The van der Waals surface area contributed by atoms with E-state index in [0.29, 0.717) is 18.4 Å². The van der Waals surface area contributed by atoms with Crippen molar-refractivity contribution in [2.45, 2.75) is 25.7 Å². The monoisotopic (exact) mass is 222 g/mol. The molecule has 0 aromatic heterocycles. The SMILES string of the molecule is NCC1CCC(CN2C(=O)C=CC2=O)CC1. The Bertz CT molecular complexity index is 299. The molecule has 1 aliphatic heterocycles. The zero-order valence-electron chi connectivity index (χ0n) is 9.39. The highest BCUT2D eigenvalue weighted by atomic mass is 16.2. The van der Waals surface area contributed by atoms with Crippen LogP contribution in [0.25, 0.3) is 0 Å². The number of carbonyl (C=O) groups is 2. The summed E-state index contributed by atoms with van der Waals surface area (Å²) < 4.78 is 0. The molecule has 0 aromatic carbocycles. The maximum atomic E-state index is 11.4. The molecule has 16 heavy (non-hydrogen) atoms. The maximum Gasteiger partial charge on any atom is 0.253 e. The summed E-state index contributed by atoms with van der Waals surface area (Å²) in [5.74, 6) is 0.784. The third-order valence-corrected chi connectivity index (χ3v) is 3.64. The molecule has 1 heterocycles. The Kier molecular flexibility index (Phi) is 3.39.